The van der Waals surface area contributed by atoms with Gasteiger partial charge in [-0.15, -0.1) is 0 Å². The van der Waals surface area contributed by atoms with E-state index in [1.165, 1.54) is 6.07 Å². The Morgan fingerprint density at radius 3 is 2.25 bits per heavy atom. The molecule has 1 aromatic heterocycles. The highest BCUT2D eigenvalue weighted by Gasteiger charge is 2.35. The van der Waals surface area contributed by atoms with Crippen molar-refractivity contribution in [1.29, 1.82) is 0 Å². The summed E-state index contributed by atoms with van der Waals surface area (Å²) in [7, 11) is -4.56. The van der Waals surface area contributed by atoms with Gasteiger partial charge in [0.25, 0.3) is 11.8 Å². The smallest absolute Gasteiger partial charge is 0.328 e. The van der Waals surface area contributed by atoms with Crippen LogP contribution in [0.3, 0.4) is 0 Å². The van der Waals surface area contributed by atoms with Crippen LogP contribution in [-0.4, -0.2) is 29.9 Å². The van der Waals surface area contributed by atoms with E-state index in [-0.39, 0.29) is 16.4 Å². The standard InChI is InChI=1S/C21H14N2O7S2/c24-19-17(12-16-10-11-18(30-16)32(26,27)28)20(25)23(21(31)22-19)13-6-8-15(9-7-13)29-14-4-2-1-3-5-14/h1-12H,(H,22,24,31)(H,26,27,28). The van der Waals surface area contributed by atoms with Crippen molar-refractivity contribution in [3.63, 3.8) is 0 Å². The van der Waals surface area contributed by atoms with E-state index in [4.69, 9.17) is 25.9 Å². The number of carbonyl (C=O) groups excluding carboxylic acids is 2. The minimum Gasteiger partial charge on any atom is -0.457 e. The van der Waals surface area contributed by atoms with Gasteiger partial charge in [0.15, 0.2) is 5.11 Å². The Balaban J connectivity index is 1.60. The molecule has 1 fully saturated rings. The molecule has 2 N–H and O–H groups in total. The molecule has 0 atom stereocenters. The van der Waals surface area contributed by atoms with E-state index in [0.717, 1.165) is 17.0 Å². The summed E-state index contributed by atoms with van der Waals surface area (Å²) in [4.78, 5) is 26.4. The van der Waals surface area contributed by atoms with Crippen LogP contribution in [0.25, 0.3) is 6.08 Å². The quantitative estimate of drug-likeness (QED) is 0.252. The van der Waals surface area contributed by atoms with Crippen LogP contribution in [0.1, 0.15) is 5.76 Å². The van der Waals surface area contributed by atoms with Crippen molar-refractivity contribution in [2.45, 2.75) is 5.09 Å². The fraction of sp³-hybridized carbons (Fsp3) is 0. The number of ether oxygens (including phenoxy) is 1. The summed E-state index contributed by atoms with van der Waals surface area (Å²) in [6.45, 7) is 0. The maximum Gasteiger partial charge on any atom is 0.328 e. The lowest BCUT2D eigenvalue weighted by Crippen LogP contribution is -2.54. The third-order valence-electron chi connectivity index (χ3n) is 4.32. The van der Waals surface area contributed by atoms with Crippen LogP contribution in [0.5, 0.6) is 11.5 Å². The van der Waals surface area contributed by atoms with Gasteiger partial charge in [-0.1, -0.05) is 18.2 Å². The Bertz CT molecular complexity index is 1340. The molecule has 0 saturated carbocycles. The fourth-order valence-electron chi connectivity index (χ4n) is 2.87. The summed E-state index contributed by atoms with van der Waals surface area (Å²) in [5, 5.41) is 1.58. The van der Waals surface area contributed by atoms with Crippen molar-refractivity contribution in [3.05, 3.63) is 78.1 Å². The van der Waals surface area contributed by atoms with Gasteiger partial charge < -0.3 is 9.15 Å². The number of thiocarbonyl (C=S) groups is 1. The van der Waals surface area contributed by atoms with Gasteiger partial charge >= 0.3 is 10.1 Å². The molecule has 32 heavy (non-hydrogen) atoms. The van der Waals surface area contributed by atoms with Crippen molar-refractivity contribution in [2.24, 2.45) is 0 Å². The van der Waals surface area contributed by atoms with Gasteiger partial charge in [0.05, 0.1) is 5.69 Å². The van der Waals surface area contributed by atoms with Gasteiger partial charge in [0.2, 0.25) is 5.09 Å². The van der Waals surface area contributed by atoms with Gasteiger partial charge in [-0.05, 0) is 66.8 Å². The van der Waals surface area contributed by atoms with Crippen LogP contribution in [0.15, 0.2) is 81.8 Å². The molecule has 0 unspecified atom stereocenters. The molecule has 0 spiro atoms. The molecule has 2 aromatic carbocycles. The van der Waals surface area contributed by atoms with Crippen LogP contribution < -0.4 is 15.0 Å². The number of hydrogen-bond acceptors (Lipinski definition) is 7. The van der Waals surface area contributed by atoms with E-state index in [1.807, 2.05) is 18.2 Å². The van der Waals surface area contributed by atoms with E-state index in [9.17, 15) is 18.0 Å². The first kappa shape index (κ1) is 21.4. The molecule has 1 saturated heterocycles. The average Bonchev–Trinajstić information content (AvgIpc) is 3.22. The Morgan fingerprint density at radius 1 is 0.969 bits per heavy atom. The number of carbonyl (C=O) groups is 2. The zero-order chi connectivity index (χ0) is 22.9. The maximum atomic E-state index is 13.0. The summed E-state index contributed by atoms with van der Waals surface area (Å²) >= 11 is 5.15. The Labute approximate surface area is 187 Å². The van der Waals surface area contributed by atoms with Crippen molar-refractivity contribution in [1.82, 2.24) is 5.32 Å². The zero-order valence-electron chi connectivity index (χ0n) is 16.1. The molecular formula is C21H14N2O7S2. The first-order valence-corrected chi connectivity index (χ1v) is 10.9. The topological polar surface area (TPSA) is 126 Å². The fourth-order valence-corrected chi connectivity index (χ4v) is 3.60. The molecule has 2 amide bonds. The lowest BCUT2D eigenvalue weighted by atomic mass is 10.1. The summed E-state index contributed by atoms with van der Waals surface area (Å²) in [6.07, 6.45) is 1.06. The first-order valence-electron chi connectivity index (χ1n) is 9.04. The van der Waals surface area contributed by atoms with Gasteiger partial charge in [-0.3, -0.25) is 24.4 Å². The minimum absolute atomic E-state index is 0.115. The number of rotatable bonds is 5. The maximum absolute atomic E-state index is 13.0. The lowest BCUT2D eigenvalue weighted by molar-refractivity contribution is -0.122. The van der Waals surface area contributed by atoms with E-state index < -0.39 is 27.0 Å². The van der Waals surface area contributed by atoms with Crippen molar-refractivity contribution >= 4 is 51.0 Å². The number of hydrogen-bond donors (Lipinski definition) is 2. The average molecular weight is 470 g/mol. The van der Waals surface area contributed by atoms with Crippen LogP contribution in [0.2, 0.25) is 0 Å². The molecular weight excluding hydrogens is 456 g/mol. The number of amides is 2. The van der Waals surface area contributed by atoms with E-state index >= 15 is 0 Å². The van der Waals surface area contributed by atoms with Crippen molar-refractivity contribution in [2.75, 3.05) is 4.90 Å². The van der Waals surface area contributed by atoms with Crippen LogP contribution >= 0.6 is 12.2 Å². The summed E-state index contributed by atoms with van der Waals surface area (Å²) in [6, 6.07) is 17.8. The van der Waals surface area contributed by atoms with Crippen molar-refractivity contribution < 1.29 is 31.7 Å². The molecule has 0 bridgehead atoms. The molecule has 2 heterocycles. The van der Waals surface area contributed by atoms with Gasteiger partial charge in [-0.25, -0.2) is 0 Å². The molecule has 9 nitrogen and oxygen atoms in total. The van der Waals surface area contributed by atoms with E-state index in [1.54, 1.807) is 36.4 Å². The molecule has 1 aliphatic rings. The molecule has 4 rings (SSSR count). The van der Waals surface area contributed by atoms with Gasteiger partial charge in [0.1, 0.15) is 22.8 Å². The Morgan fingerprint density at radius 2 is 1.62 bits per heavy atom. The zero-order valence-corrected chi connectivity index (χ0v) is 17.7. The highest BCUT2D eigenvalue weighted by atomic mass is 32.2. The van der Waals surface area contributed by atoms with Crippen LogP contribution in [0, 0.1) is 0 Å². The third kappa shape index (κ3) is 4.44. The van der Waals surface area contributed by atoms with Gasteiger partial charge in [-0.2, -0.15) is 8.42 Å². The summed E-state index contributed by atoms with van der Waals surface area (Å²) < 4.78 is 42.0. The molecule has 0 aliphatic carbocycles. The van der Waals surface area contributed by atoms with Crippen LogP contribution in [0.4, 0.5) is 5.69 Å². The van der Waals surface area contributed by atoms with Gasteiger partial charge in [0, 0.05) is 0 Å². The van der Waals surface area contributed by atoms with E-state index in [2.05, 4.69) is 5.32 Å². The number of nitrogens with one attached hydrogen (secondary N) is 1. The SMILES string of the molecule is O=C1NC(=S)N(c2ccc(Oc3ccccc3)cc2)C(=O)C1=Cc1ccc(S(=O)(=O)O)o1. The Kier molecular flexibility index (Phi) is 5.61. The minimum atomic E-state index is -4.56. The predicted molar refractivity (Wildman–Crippen MR) is 118 cm³/mol. The second-order valence-corrected chi connectivity index (χ2v) is 8.24. The second-order valence-electron chi connectivity index (χ2n) is 6.50. The number of anilines is 1. The molecule has 3 aromatic rings. The number of para-hydroxylation sites is 1. The molecule has 0 radical (unpaired) electrons. The lowest BCUT2D eigenvalue weighted by Gasteiger charge is -2.28. The molecule has 11 heteroatoms. The molecule has 1 aliphatic heterocycles. The first-order chi connectivity index (χ1) is 15.2. The second kappa shape index (κ2) is 8.38. The highest BCUT2D eigenvalue weighted by Crippen LogP contribution is 2.27. The van der Waals surface area contributed by atoms with Crippen molar-refractivity contribution in [3.8, 4) is 11.5 Å². The van der Waals surface area contributed by atoms with E-state index in [0.29, 0.717) is 17.2 Å². The van der Waals surface area contributed by atoms with Crippen LogP contribution in [-0.2, 0) is 19.7 Å². The predicted octanol–water partition coefficient (Wildman–Crippen LogP) is 3.15. The molecule has 162 valence electrons. The highest BCUT2D eigenvalue weighted by molar-refractivity contribution is 7.85. The normalized spacial score (nSPS) is 15.7. The monoisotopic (exact) mass is 470 g/mol. The Hall–Kier alpha value is -3.80. The number of benzene rings is 2. The number of nitrogens with zero attached hydrogens (tertiary/aromatic N) is 1. The summed E-state index contributed by atoms with van der Waals surface area (Å²) in [5.74, 6) is -0.450. The third-order valence-corrected chi connectivity index (χ3v) is 5.33. The number of furan rings is 1. The largest absolute Gasteiger partial charge is 0.457 e. The summed E-state index contributed by atoms with van der Waals surface area (Å²) in [5.41, 5.74) is 0.0452.